The zero-order valence-corrected chi connectivity index (χ0v) is 82.9. The van der Waals surface area contributed by atoms with Crippen LogP contribution >= 0.6 is 31.9 Å². The average molecular weight is 2080 g/mol. The SMILES string of the molecule is Cc1c(N2CCC(CC(=O)O)CC2)nc2c(-c3ccn(C)c3)cnn2c1N.Cc1c(N2CCC(O)(CC(=O)O)CC2)nc2c(-c3ccn(C)c3)cnn2c1N.Cn1ccc(-c2cnn3c(N)c(Br)c(N4CCC(Cc5nn[nH]n5)CC4)nc23)c1.Cn1ccc(-c2cnn3c(N)c(Br)c(N4CCC(O)(CC(=O)O)CC4)nc23)c1.Cn1ccc(-c2cnn3c(N)cc(C4CCC(C(=O)O)N(S(C)(=O)=O)C4)nc23)c1. The van der Waals surface area contributed by atoms with Crippen LogP contribution in [0.1, 0.15) is 112 Å². The smallest absolute Gasteiger partial charge is 0.322 e. The van der Waals surface area contributed by atoms with Crippen molar-refractivity contribution in [3.8, 4) is 55.6 Å². The Morgan fingerprint density at radius 1 is 0.454 bits per heavy atom. The molecule has 141 heavy (non-hydrogen) atoms. The van der Waals surface area contributed by atoms with Crippen molar-refractivity contribution in [1.29, 1.82) is 0 Å². The van der Waals surface area contributed by atoms with Gasteiger partial charge in [-0.1, -0.05) is 5.21 Å². The van der Waals surface area contributed by atoms with Crippen molar-refractivity contribution in [3.05, 3.63) is 161 Å². The number of aromatic amines is 1. The van der Waals surface area contributed by atoms with E-state index in [0.29, 0.717) is 126 Å². The number of carboxylic acids is 4. The molecule has 0 bridgehead atoms. The van der Waals surface area contributed by atoms with Crippen LogP contribution in [0.5, 0.6) is 0 Å². The number of nitrogens with zero attached hydrogens (tertiary/aromatic N) is 28. The minimum Gasteiger partial charge on any atom is -0.481 e. The van der Waals surface area contributed by atoms with Gasteiger partial charge in [0.15, 0.2) is 34.1 Å². The fourth-order valence-corrected chi connectivity index (χ4v) is 21.3. The Hall–Kier alpha value is -14.6. The molecule has 0 spiro atoms. The second-order valence-electron chi connectivity index (χ2n) is 37.1. The van der Waals surface area contributed by atoms with Crippen LogP contribution in [0.25, 0.3) is 83.9 Å². The zero-order chi connectivity index (χ0) is 100. The Balaban J connectivity index is 0.000000121. The lowest BCUT2D eigenvalue weighted by molar-refractivity contribution is -0.144. The second-order valence-corrected chi connectivity index (χ2v) is 40.6. The molecular weight excluding hydrogens is 1970 g/mol. The third-order valence-electron chi connectivity index (χ3n) is 27.0. The standard InChI is InChI=1S/C19H24N6O3.C19H24N6O2.C18H21BrN10.C18H21BrN6O3.C18H22N6O4S/c1-12-16(20)25-18(14(10-21-25)13-3-6-23(2)11-13)22-17(12)24-7-4-19(28,5-8-24)9-15(26)27;1-12-17(20)25-19(15(10-21-25)14-5-6-23(2)11-14)22-18(12)24-7-3-13(4-8-24)9-16(26)27;1-27-5-4-12(10-27)13-9-21-29-16(20)15(19)18(22-17(13)29)28-6-2-11(3-7-28)8-14-23-25-26-24-14;1-23-5-2-11(10-23)12-9-21-25-15(20)14(19)17(22-16(12)25)24-6-3-18(28,4-7-24)8-13(26)27;1-22-6-5-11(9-22)13-8-20-24-16(19)7-14(21-17(13)24)12-3-4-15(18(25)26)23(10-12)29(2,27)28/h3,6,10-11,28H,4-5,7-9,20H2,1-2H3,(H,26,27);5-6,10-11,13H,3-4,7-9,20H2,1-2H3,(H,26,27);4-5,9-11H,2-3,6-8,20H2,1H3,(H,23,24,25,26);2,5,9-10,28H,3-4,6-8,20H2,1H3,(H,26,27);5-9,12,15H,3-4,10,19H2,1-2H3,(H,25,26). The second kappa shape index (κ2) is 40.0. The van der Waals surface area contributed by atoms with Gasteiger partial charge in [-0.25, -0.2) is 33.3 Å². The van der Waals surface area contributed by atoms with E-state index in [2.05, 4.69) is 105 Å². The van der Waals surface area contributed by atoms with Crippen molar-refractivity contribution in [2.45, 2.75) is 127 Å². The van der Waals surface area contributed by atoms with E-state index in [-0.39, 0.29) is 44.1 Å². The van der Waals surface area contributed by atoms with Gasteiger partial charge in [-0.05, 0) is 152 Å². The van der Waals surface area contributed by atoms with Crippen molar-refractivity contribution in [1.82, 2.24) is 121 Å². The van der Waals surface area contributed by atoms with E-state index in [1.165, 1.54) is 0 Å². The van der Waals surface area contributed by atoms with E-state index in [1.54, 1.807) is 53.4 Å². The largest absolute Gasteiger partial charge is 0.481 e. The molecule has 5 aliphatic rings. The van der Waals surface area contributed by atoms with Crippen LogP contribution in [-0.4, -0.2) is 266 Å². The number of hydrogen-bond donors (Lipinski definition) is 12. The van der Waals surface area contributed by atoms with Gasteiger partial charge in [0.25, 0.3) is 0 Å². The van der Waals surface area contributed by atoms with Gasteiger partial charge in [0.05, 0.1) is 67.0 Å². The molecule has 0 amide bonds. The van der Waals surface area contributed by atoms with E-state index in [1.807, 2.05) is 163 Å². The molecule has 21 rings (SSSR count). The predicted molar refractivity (Wildman–Crippen MR) is 536 cm³/mol. The molecular formula is C92H112Br2N34O12S. The Morgan fingerprint density at radius 2 is 0.794 bits per heavy atom. The number of piperidine rings is 5. The molecule has 2 unspecified atom stereocenters. The van der Waals surface area contributed by atoms with Gasteiger partial charge in [0, 0.05) is 248 Å². The molecule has 0 saturated carbocycles. The molecule has 16 aromatic rings. The van der Waals surface area contributed by atoms with Crippen molar-refractivity contribution >= 4 is 146 Å². The number of sulfonamides is 1. The van der Waals surface area contributed by atoms with Gasteiger partial charge >= 0.3 is 23.9 Å². The van der Waals surface area contributed by atoms with Crippen LogP contribution in [0.3, 0.4) is 0 Å². The number of fused-ring (bicyclic) bond motifs is 5. The predicted octanol–water partition coefficient (Wildman–Crippen LogP) is 8.59. The quantitative estimate of drug-likeness (QED) is 0.0339. The first kappa shape index (κ1) is 98.1. The van der Waals surface area contributed by atoms with E-state index in [9.17, 15) is 42.9 Å². The fourth-order valence-electron chi connectivity index (χ4n) is 19.2. The highest BCUT2D eigenvalue weighted by molar-refractivity contribution is 9.11. The molecule has 2 atom stereocenters. The summed E-state index contributed by atoms with van der Waals surface area (Å²) in [5.74, 6) is 3.10. The maximum absolute atomic E-state index is 12.2. The van der Waals surface area contributed by atoms with Gasteiger partial charge < -0.3 is 102 Å². The number of aliphatic hydroxyl groups is 2. The molecule has 46 nitrogen and oxygen atoms in total. The molecule has 5 aliphatic heterocycles. The minimum atomic E-state index is -3.68. The van der Waals surface area contributed by atoms with Crippen molar-refractivity contribution in [3.63, 3.8) is 0 Å². The average Bonchev–Trinajstić information content (AvgIpc) is 1.67. The molecule has 0 aliphatic carbocycles. The Bertz CT molecular complexity index is 7290. The number of hydrogen-bond acceptors (Lipinski definition) is 30. The van der Waals surface area contributed by atoms with Gasteiger partial charge in [0.2, 0.25) is 10.0 Å². The van der Waals surface area contributed by atoms with Crippen molar-refractivity contribution in [2.75, 3.05) is 113 Å². The molecule has 17 N–H and O–H groups in total. The summed E-state index contributed by atoms with van der Waals surface area (Å²) in [5.41, 5.74) is 44.6. The Morgan fingerprint density at radius 3 is 1.13 bits per heavy atom. The summed E-state index contributed by atoms with van der Waals surface area (Å²) in [5, 5.41) is 93.7. The number of carbonyl (C=O) groups is 4. The first-order chi connectivity index (χ1) is 67.2. The summed E-state index contributed by atoms with van der Waals surface area (Å²) in [6, 6.07) is 10.7. The number of nitrogen functional groups attached to an aromatic ring is 5. The molecule has 5 saturated heterocycles. The molecule has 742 valence electrons. The molecule has 49 heteroatoms. The summed E-state index contributed by atoms with van der Waals surface area (Å²) < 4.78 is 44.8. The van der Waals surface area contributed by atoms with Gasteiger partial charge in [-0.15, -0.1) is 10.2 Å². The van der Waals surface area contributed by atoms with Crippen molar-refractivity contribution < 1.29 is 58.2 Å². The fraction of sp³-hybridized carbons (Fsp3) is 0.402. The minimum absolute atomic E-state index is 0.0488. The lowest BCUT2D eigenvalue weighted by atomic mass is 9.88. The van der Waals surface area contributed by atoms with E-state index < -0.39 is 51.1 Å². The summed E-state index contributed by atoms with van der Waals surface area (Å²) in [6.07, 6.45) is 36.3. The summed E-state index contributed by atoms with van der Waals surface area (Å²) in [6.45, 7) is 9.30. The van der Waals surface area contributed by atoms with Crippen LogP contribution in [0.4, 0.5) is 52.4 Å². The normalized spacial score (nSPS) is 17.0. The monoisotopic (exact) mass is 2070 g/mol. The van der Waals surface area contributed by atoms with E-state index in [0.717, 1.165) is 175 Å². The van der Waals surface area contributed by atoms with E-state index >= 15 is 0 Å². The number of aliphatic carboxylic acids is 4. The van der Waals surface area contributed by atoms with Crippen LogP contribution in [0, 0.1) is 25.7 Å². The maximum atomic E-state index is 12.2. The Kier molecular flexibility index (Phi) is 27.8. The lowest BCUT2D eigenvalue weighted by Gasteiger charge is -2.38. The van der Waals surface area contributed by atoms with Crippen LogP contribution in [-0.2, 0) is 70.9 Å². The number of halogens is 2. The summed E-state index contributed by atoms with van der Waals surface area (Å²) >= 11 is 7.17. The summed E-state index contributed by atoms with van der Waals surface area (Å²) in [7, 11) is 6.13. The van der Waals surface area contributed by atoms with E-state index in [4.69, 9.17) is 68.9 Å². The van der Waals surface area contributed by atoms with Crippen LogP contribution < -0.4 is 48.3 Å². The first-order valence-electron chi connectivity index (χ1n) is 45.9. The van der Waals surface area contributed by atoms with Crippen LogP contribution in [0.15, 0.2) is 138 Å². The number of aryl methyl sites for hydroxylation is 5. The molecule has 5 fully saturated rings. The van der Waals surface area contributed by atoms with Crippen molar-refractivity contribution in [2.24, 2.45) is 47.1 Å². The molecule has 0 radical (unpaired) electrons. The maximum Gasteiger partial charge on any atom is 0.322 e. The number of nitrogens with two attached hydrogens (primary N) is 5. The molecule has 0 aromatic carbocycles. The van der Waals surface area contributed by atoms with Gasteiger partial charge in [-0.3, -0.25) is 19.2 Å². The van der Waals surface area contributed by atoms with Gasteiger partial charge in [-0.2, -0.15) is 57.6 Å². The Labute approximate surface area is 824 Å². The van der Waals surface area contributed by atoms with Gasteiger partial charge in [0.1, 0.15) is 67.3 Å². The zero-order valence-electron chi connectivity index (χ0n) is 78.9. The highest BCUT2D eigenvalue weighted by Gasteiger charge is 2.42. The molecule has 21 heterocycles. The number of carboxylic acid groups (broad SMARTS) is 4. The number of anilines is 9. The third-order valence-corrected chi connectivity index (χ3v) is 29.8. The number of tetrazole rings is 1. The number of nitrogens with one attached hydrogen (secondary N) is 1. The summed E-state index contributed by atoms with van der Waals surface area (Å²) in [4.78, 5) is 77.3. The third kappa shape index (κ3) is 20.8. The first-order valence-corrected chi connectivity index (χ1v) is 49.4. The highest BCUT2D eigenvalue weighted by Crippen LogP contribution is 2.43. The number of H-pyrrole nitrogens is 1. The number of aromatic nitrogens is 24. The molecule has 16 aromatic heterocycles. The lowest BCUT2D eigenvalue weighted by Crippen LogP contribution is -2.49. The number of rotatable bonds is 20. The highest BCUT2D eigenvalue weighted by atomic mass is 79.9. The van der Waals surface area contributed by atoms with Crippen LogP contribution in [0.2, 0.25) is 0 Å². The topological polar surface area (TPSA) is 600 Å².